The van der Waals surface area contributed by atoms with E-state index < -0.39 is 11.6 Å². The van der Waals surface area contributed by atoms with Gasteiger partial charge in [-0.05, 0) is 29.8 Å². The number of aromatic nitrogens is 7. The minimum absolute atomic E-state index is 0.112. The lowest BCUT2D eigenvalue weighted by Crippen LogP contribution is -2.40. The van der Waals surface area contributed by atoms with Crippen molar-refractivity contribution < 1.29 is 9.50 Å². The lowest BCUT2D eigenvalue weighted by Gasteiger charge is -2.33. The van der Waals surface area contributed by atoms with Crippen molar-refractivity contribution in [3.63, 3.8) is 0 Å². The molecule has 2 aromatic heterocycles. The highest BCUT2D eigenvalue weighted by atomic mass is 19.1. The maximum atomic E-state index is 13.2. The highest BCUT2D eigenvalue weighted by Crippen LogP contribution is 2.34. The van der Waals surface area contributed by atoms with Crippen LogP contribution in [0.4, 0.5) is 4.39 Å². The second kappa shape index (κ2) is 5.60. The third kappa shape index (κ3) is 2.58. The van der Waals surface area contributed by atoms with Crippen molar-refractivity contribution in [1.82, 2.24) is 35.0 Å². The molecule has 0 radical (unpaired) electrons. The average molecular weight is 303 g/mol. The number of nitrogens with zero attached hydrogens (tertiary/aromatic N) is 7. The van der Waals surface area contributed by atoms with E-state index in [1.165, 1.54) is 52.7 Å². The Hall–Kier alpha value is -2.68. The summed E-state index contributed by atoms with van der Waals surface area (Å²) in [6, 6.07) is 5.09. The Labute approximate surface area is 125 Å². The molecule has 0 aliphatic rings. The smallest absolute Gasteiger partial charge is 0.162 e. The normalized spacial score (nSPS) is 15.4. The number of tetrazole rings is 1. The van der Waals surface area contributed by atoms with Gasteiger partial charge in [-0.15, -0.1) is 10.2 Å². The van der Waals surface area contributed by atoms with Gasteiger partial charge in [0.15, 0.2) is 6.33 Å². The molecule has 0 aliphatic carbocycles. The maximum Gasteiger partial charge on any atom is 0.162 e. The number of hydrogen-bond donors (Lipinski definition) is 1. The van der Waals surface area contributed by atoms with Gasteiger partial charge in [-0.3, -0.25) is 0 Å². The van der Waals surface area contributed by atoms with Gasteiger partial charge >= 0.3 is 0 Å². The molecule has 2 heterocycles. The number of rotatable bonds is 5. The van der Waals surface area contributed by atoms with E-state index in [2.05, 4.69) is 25.5 Å². The van der Waals surface area contributed by atoms with Crippen molar-refractivity contribution in [3.8, 4) is 0 Å². The van der Waals surface area contributed by atoms with Gasteiger partial charge in [-0.25, -0.2) is 14.1 Å². The largest absolute Gasteiger partial charge is 0.381 e. The van der Waals surface area contributed by atoms with E-state index in [0.29, 0.717) is 5.56 Å². The minimum atomic E-state index is -1.41. The van der Waals surface area contributed by atoms with Crippen molar-refractivity contribution in [3.05, 3.63) is 54.6 Å². The van der Waals surface area contributed by atoms with E-state index >= 15 is 0 Å². The third-order valence-electron chi connectivity index (χ3n) is 3.62. The SMILES string of the molecule is CC(n1ncnn1)C(O)(Cn1cncn1)c1ccc(F)cc1. The Bertz CT molecular complexity index is 713. The second-order valence-electron chi connectivity index (χ2n) is 4.96. The van der Waals surface area contributed by atoms with E-state index in [9.17, 15) is 9.50 Å². The number of hydrogen-bond acceptors (Lipinski definition) is 6. The predicted octanol–water partition coefficient (Wildman–Crippen LogP) is 0.553. The van der Waals surface area contributed by atoms with Gasteiger partial charge < -0.3 is 5.11 Å². The van der Waals surface area contributed by atoms with Crippen molar-refractivity contribution in [2.75, 3.05) is 0 Å². The Balaban J connectivity index is 2.02. The van der Waals surface area contributed by atoms with Crippen LogP contribution in [0.5, 0.6) is 0 Å². The molecular formula is C13H14FN7O. The molecule has 0 spiro atoms. The molecular weight excluding hydrogens is 289 g/mol. The van der Waals surface area contributed by atoms with Crippen LogP contribution in [0.1, 0.15) is 18.5 Å². The van der Waals surface area contributed by atoms with Crippen LogP contribution in [0.3, 0.4) is 0 Å². The van der Waals surface area contributed by atoms with Gasteiger partial charge in [-0.1, -0.05) is 12.1 Å². The van der Waals surface area contributed by atoms with Gasteiger partial charge in [0.25, 0.3) is 0 Å². The van der Waals surface area contributed by atoms with Gasteiger partial charge in [0.1, 0.15) is 30.1 Å². The summed E-state index contributed by atoms with van der Waals surface area (Å²) in [7, 11) is 0. The lowest BCUT2D eigenvalue weighted by atomic mass is 9.87. The molecule has 1 aromatic carbocycles. The zero-order valence-electron chi connectivity index (χ0n) is 11.8. The highest BCUT2D eigenvalue weighted by molar-refractivity contribution is 5.24. The third-order valence-corrected chi connectivity index (χ3v) is 3.62. The summed E-state index contributed by atoms with van der Waals surface area (Å²) in [6.07, 6.45) is 4.16. The Morgan fingerprint density at radius 1 is 1.23 bits per heavy atom. The Morgan fingerprint density at radius 3 is 2.59 bits per heavy atom. The fraction of sp³-hybridized carbons (Fsp3) is 0.308. The van der Waals surface area contributed by atoms with Gasteiger partial charge in [-0.2, -0.15) is 9.90 Å². The number of benzene rings is 1. The first kappa shape index (κ1) is 14.3. The summed E-state index contributed by atoms with van der Waals surface area (Å²) in [5.74, 6) is -0.376. The minimum Gasteiger partial charge on any atom is -0.381 e. The summed E-state index contributed by atoms with van der Waals surface area (Å²) in [6.45, 7) is 1.86. The molecule has 3 rings (SSSR count). The molecule has 22 heavy (non-hydrogen) atoms. The van der Waals surface area contributed by atoms with E-state index in [-0.39, 0.29) is 12.4 Å². The fourth-order valence-electron chi connectivity index (χ4n) is 2.31. The standard InChI is InChI=1S/C13H14FN7O/c1-10(21-18-8-16-19-21)13(22,6-20-9-15-7-17-20)11-2-4-12(14)5-3-11/h2-5,7-10,22H,6H2,1H3. The molecule has 0 fully saturated rings. The molecule has 0 saturated carbocycles. The van der Waals surface area contributed by atoms with Crippen molar-refractivity contribution in [2.24, 2.45) is 0 Å². The molecule has 0 amide bonds. The van der Waals surface area contributed by atoms with Crippen LogP contribution in [0.25, 0.3) is 0 Å². The Kier molecular flexibility index (Phi) is 3.63. The molecule has 3 aromatic rings. The van der Waals surface area contributed by atoms with Crippen molar-refractivity contribution in [2.45, 2.75) is 25.1 Å². The molecule has 0 saturated heterocycles. The van der Waals surface area contributed by atoms with Crippen molar-refractivity contribution in [1.29, 1.82) is 0 Å². The zero-order valence-corrected chi connectivity index (χ0v) is 11.8. The van der Waals surface area contributed by atoms with Crippen LogP contribution >= 0.6 is 0 Å². The van der Waals surface area contributed by atoms with Crippen molar-refractivity contribution >= 4 is 0 Å². The quantitative estimate of drug-likeness (QED) is 0.740. The first-order chi connectivity index (χ1) is 10.6. The van der Waals surface area contributed by atoms with Crippen LogP contribution in [0.15, 0.2) is 43.2 Å². The summed E-state index contributed by atoms with van der Waals surface area (Å²) in [5, 5.41) is 26.7. The van der Waals surface area contributed by atoms with Crippen LogP contribution in [-0.4, -0.2) is 40.1 Å². The van der Waals surface area contributed by atoms with Gasteiger partial charge in [0.2, 0.25) is 0 Å². The molecule has 1 N–H and O–H groups in total. The molecule has 114 valence electrons. The topological polar surface area (TPSA) is 94.5 Å². The Morgan fingerprint density at radius 2 is 2.00 bits per heavy atom. The van der Waals surface area contributed by atoms with E-state index in [0.717, 1.165) is 0 Å². The molecule has 9 heteroatoms. The first-order valence-corrected chi connectivity index (χ1v) is 6.63. The van der Waals surface area contributed by atoms with Gasteiger partial charge in [0.05, 0.1) is 6.54 Å². The molecule has 2 atom stereocenters. The van der Waals surface area contributed by atoms with Gasteiger partial charge in [0, 0.05) is 0 Å². The number of aliphatic hydroxyl groups is 1. The van der Waals surface area contributed by atoms with Crippen LogP contribution in [-0.2, 0) is 12.1 Å². The van der Waals surface area contributed by atoms with E-state index in [1.807, 2.05) is 0 Å². The summed E-state index contributed by atoms with van der Waals surface area (Å²) in [4.78, 5) is 5.17. The lowest BCUT2D eigenvalue weighted by molar-refractivity contribution is -0.0390. The van der Waals surface area contributed by atoms with E-state index in [4.69, 9.17) is 0 Å². The van der Waals surface area contributed by atoms with Crippen LogP contribution in [0.2, 0.25) is 0 Å². The zero-order chi connectivity index (χ0) is 15.6. The monoisotopic (exact) mass is 303 g/mol. The molecule has 0 aliphatic heterocycles. The maximum absolute atomic E-state index is 13.2. The number of halogens is 1. The van der Waals surface area contributed by atoms with Crippen LogP contribution < -0.4 is 0 Å². The molecule has 0 bridgehead atoms. The fourth-order valence-corrected chi connectivity index (χ4v) is 2.31. The average Bonchev–Trinajstić information content (AvgIpc) is 3.20. The first-order valence-electron chi connectivity index (χ1n) is 6.63. The highest BCUT2D eigenvalue weighted by Gasteiger charge is 2.39. The van der Waals surface area contributed by atoms with E-state index in [1.54, 1.807) is 6.92 Å². The summed E-state index contributed by atoms with van der Waals surface area (Å²) in [5.41, 5.74) is -0.892. The summed E-state index contributed by atoms with van der Waals surface area (Å²) >= 11 is 0. The van der Waals surface area contributed by atoms with Crippen LogP contribution in [0, 0.1) is 5.82 Å². The predicted molar refractivity (Wildman–Crippen MR) is 72.8 cm³/mol. The molecule has 2 unspecified atom stereocenters. The summed E-state index contributed by atoms with van der Waals surface area (Å²) < 4.78 is 14.7. The molecule has 8 nitrogen and oxygen atoms in total. The second-order valence-corrected chi connectivity index (χ2v) is 4.96.